The molecule has 0 amide bonds. The van der Waals surface area contributed by atoms with Crippen molar-refractivity contribution in [3.8, 4) is 0 Å². The highest BCUT2D eigenvalue weighted by molar-refractivity contribution is 4.98. The zero-order valence-corrected chi connectivity index (χ0v) is 12.0. The number of aromatic nitrogens is 2. The maximum atomic E-state index is 4.31. The molecule has 1 aliphatic carbocycles. The van der Waals surface area contributed by atoms with Crippen molar-refractivity contribution in [1.29, 1.82) is 0 Å². The summed E-state index contributed by atoms with van der Waals surface area (Å²) >= 11 is 0. The van der Waals surface area contributed by atoms with Crippen molar-refractivity contribution < 1.29 is 0 Å². The van der Waals surface area contributed by atoms with E-state index >= 15 is 0 Å². The highest BCUT2D eigenvalue weighted by Gasteiger charge is 2.22. The normalized spacial score (nSPS) is 24.7. The number of nitrogens with one attached hydrogen (secondary N) is 1. The molecule has 1 N–H and O–H groups in total. The molecule has 2 atom stereocenters. The van der Waals surface area contributed by atoms with E-state index in [4.69, 9.17) is 0 Å². The van der Waals surface area contributed by atoms with E-state index in [-0.39, 0.29) is 0 Å². The molecule has 1 fully saturated rings. The van der Waals surface area contributed by atoms with Gasteiger partial charge < -0.3 is 9.88 Å². The minimum Gasteiger partial charge on any atom is -0.333 e. The molecule has 3 heteroatoms. The van der Waals surface area contributed by atoms with Gasteiger partial charge in [-0.15, -0.1) is 0 Å². The lowest BCUT2D eigenvalue weighted by Gasteiger charge is -2.29. The second-order valence-electron chi connectivity index (χ2n) is 6.09. The molecule has 1 heterocycles. The van der Waals surface area contributed by atoms with E-state index in [1.165, 1.54) is 31.4 Å². The number of nitrogens with zero attached hydrogens (tertiary/aromatic N) is 2. The highest BCUT2D eigenvalue weighted by atomic mass is 15.1. The van der Waals surface area contributed by atoms with Crippen molar-refractivity contribution >= 4 is 0 Å². The lowest BCUT2D eigenvalue weighted by Crippen LogP contribution is -2.26. The Morgan fingerprint density at radius 2 is 2.17 bits per heavy atom. The molecule has 0 spiro atoms. The first-order valence-electron chi connectivity index (χ1n) is 7.39. The monoisotopic (exact) mass is 249 g/mol. The van der Waals surface area contributed by atoms with Crippen LogP contribution < -0.4 is 5.32 Å². The Bertz CT molecular complexity index is 356. The van der Waals surface area contributed by atoms with Gasteiger partial charge in [-0.05, 0) is 18.3 Å². The summed E-state index contributed by atoms with van der Waals surface area (Å²) in [6.07, 6.45) is 9.61. The Labute approximate surface area is 111 Å². The van der Waals surface area contributed by atoms with Crippen molar-refractivity contribution in [2.24, 2.45) is 11.8 Å². The third-order valence-corrected chi connectivity index (χ3v) is 4.21. The van der Waals surface area contributed by atoms with Crippen molar-refractivity contribution in [3.63, 3.8) is 0 Å². The topological polar surface area (TPSA) is 29.9 Å². The summed E-state index contributed by atoms with van der Waals surface area (Å²) in [7, 11) is 0. The van der Waals surface area contributed by atoms with Gasteiger partial charge in [-0.3, -0.25) is 0 Å². The first-order valence-corrected chi connectivity index (χ1v) is 7.39. The largest absolute Gasteiger partial charge is 0.333 e. The summed E-state index contributed by atoms with van der Waals surface area (Å²) in [5.41, 5.74) is 1.32. The van der Waals surface area contributed by atoms with Gasteiger partial charge in [0.15, 0.2) is 0 Å². The van der Waals surface area contributed by atoms with Crippen molar-refractivity contribution in [2.45, 2.75) is 65.6 Å². The molecule has 2 unspecified atom stereocenters. The van der Waals surface area contributed by atoms with Gasteiger partial charge in [-0.1, -0.05) is 40.0 Å². The highest BCUT2D eigenvalue weighted by Crippen LogP contribution is 2.30. The van der Waals surface area contributed by atoms with Crippen LogP contribution in [0.25, 0.3) is 0 Å². The summed E-state index contributed by atoms with van der Waals surface area (Å²) in [5.74, 6) is 1.71. The van der Waals surface area contributed by atoms with E-state index in [0.29, 0.717) is 6.04 Å². The zero-order valence-electron chi connectivity index (χ0n) is 12.0. The Morgan fingerprint density at radius 3 is 2.89 bits per heavy atom. The molecule has 1 saturated carbocycles. The predicted octanol–water partition coefficient (Wildman–Crippen LogP) is 3.21. The molecule has 1 aliphatic rings. The van der Waals surface area contributed by atoms with Crippen LogP contribution in [0.4, 0.5) is 0 Å². The van der Waals surface area contributed by atoms with Gasteiger partial charge in [-0.25, -0.2) is 4.98 Å². The summed E-state index contributed by atoms with van der Waals surface area (Å²) in [5, 5.41) is 3.48. The molecule has 102 valence electrons. The van der Waals surface area contributed by atoms with Crippen LogP contribution in [-0.4, -0.2) is 15.6 Å². The molecule has 18 heavy (non-hydrogen) atoms. The van der Waals surface area contributed by atoms with E-state index in [9.17, 15) is 0 Å². The molecular weight excluding hydrogens is 222 g/mol. The molecule has 0 radical (unpaired) electrons. The maximum Gasteiger partial charge on any atom is 0.0948 e. The van der Waals surface area contributed by atoms with E-state index in [2.05, 4.69) is 35.6 Å². The molecule has 0 bridgehead atoms. The van der Waals surface area contributed by atoms with Gasteiger partial charge in [0.05, 0.1) is 12.0 Å². The fraction of sp³-hybridized carbons (Fsp3) is 0.800. The lowest BCUT2D eigenvalue weighted by molar-refractivity contribution is 0.226. The van der Waals surface area contributed by atoms with Crippen LogP contribution in [0, 0.1) is 11.8 Å². The standard InChI is InChI=1S/C15H27N3/c1-12(2)17-9-15-8-16-11-18(15)10-14-7-5-4-6-13(14)3/h8,11-14,17H,4-7,9-10H2,1-3H3. The van der Waals surface area contributed by atoms with Crippen LogP contribution in [0.1, 0.15) is 52.1 Å². The van der Waals surface area contributed by atoms with Crippen LogP contribution in [-0.2, 0) is 13.1 Å². The van der Waals surface area contributed by atoms with Crippen LogP contribution >= 0.6 is 0 Å². The first kappa shape index (κ1) is 13.6. The second-order valence-corrected chi connectivity index (χ2v) is 6.09. The van der Waals surface area contributed by atoms with Crippen LogP contribution in [0.5, 0.6) is 0 Å². The van der Waals surface area contributed by atoms with Gasteiger partial charge in [0.1, 0.15) is 0 Å². The second kappa shape index (κ2) is 6.37. The van der Waals surface area contributed by atoms with E-state index in [1.54, 1.807) is 0 Å². The van der Waals surface area contributed by atoms with Gasteiger partial charge in [0.2, 0.25) is 0 Å². The number of hydrogen-bond acceptors (Lipinski definition) is 2. The summed E-state index contributed by atoms with van der Waals surface area (Å²) in [6, 6.07) is 0.530. The summed E-state index contributed by atoms with van der Waals surface area (Å²) < 4.78 is 2.35. The molecule has 3 nitrogen and oxygen atoms in total. The average molecular weight is 249 g/mol. The molecule has 0 aromatic carbocycles. The fourth-order valence-electron chi connectivity index (χ4n) is 2.89. The van der Waals surface area contributed by atoms with Crippen molar-refractivity contribution in [3.05, 3.63) is 18.2 Å². The molecule has 0 saturated heterocycles. The van der Waals surface area contributed by atoms with Crippen LogP contribution in [0.2, 0.25) is 0 Å². The van der Waals surface area contributed by atoms with Crippen LogP contribution in [0.3, 0.4) is 0 Å². The molecular formula is C15H27N3. The third kappa shape index (κ3) is 3.58. The number of hydrogen-bond donors (Lipinski definition) is 1. The van der Waals surface area contributed by atoms with Crippen LogP contribution in [0.15, 0.2) is 12.5 Å². The molecule has 1 aromatic heterocycles. The Morgan fingerprint density at radius 1 is 1.39 bits per heavy atom. The Kier molecular flexibility index (Phi) is 4.81. The smallest absolute Gasteiger partial charge is 0.0948 e. The van der Waals surface area contributed by atoms with E-state index < -0.39 is 0 Å². The first-order chi connectivity index (χ1) is 8.66. The lowest BCUT2D eigenvalue weighted by atomic mass is 9.80. The Balaban J connectivity index is 1.94. The zero-order chi connectivity index (χ0) is 13.0. The van der Waals surface area contributed by atoms with Crippen molar-refractivity contribution in [1.82, 2.24) is 14.9 Å². The summed E-state index contributed by atoms with van der Waals surface area (Å²) in [6.45, 7) is 8.86. The van der Waals surface area contributed by atoms with Gasteiger partial charge in [-0.2, -0.15) is 0 Å². The number of imidazole rings is 1. The SMILES string of the molecule is CC(C)NCc1cncn1CC1CCCCC1C. The predicted molar refractivity (Wildman–Crippen MR) is 75.3 cm³/mol. The quantitative estimate of drug-likeness (QED) is 0.868. The van der Waals surface area contributed by atoms with E-state index in [1.807, 2.05) is 12.5 Å². The minimum absolute atomic E-state index is 0.530. The molecule has 0 aliphatic heterocycles. The summed E-state index contributed by atoms with van der Waals surface area (Å²) in [4.78, 5) is 4.31. The molecule has 2 rings (SSSR count). The fourth-order valence-corrected chi connectivity index (χ4v) is 2.89. The van der Waals surface area contributed by atoms with Gasteiger partial charge in [0.25, 0.3) is 0 Å². The maximum absolute atomic E-state index is 4.31. The number of rotatable bonds is 5. The van der Waals surface area contributed by atoms with Gasteiger partial charge in [0, 0.05) is 25.3 Å². The van der Waals surface area contributed by atoms with Gasteiger partial charge >= 0.3 is 0 Å². The minimum atomic E-state index is 0.530. The van der Waals surface area contributed by atoms with Crippen molar-refractivity contribution in [2.75, 3.05) is 0 Å². The van der Waals surface area contributed by atoms with E-state index in [0.717, 1.165) is 24.9 Å². The average Bonchev–Trinajstić information content (AvgIpc) is 2.77. The third-order valence-electron chi connectivity index (χ3n) is 4.21. The molecule has 1 aromatic rings. The Hall–Kier alpha value is -0.830.